The minimum Gasteiger partial charge on any atom is -0.381 e. The molecule has 0 radical (unpaired) electrons. The molecule has 0 atom stereocenters. The van der Waals surface area contributed by atoms with Crippen molar-refractivity contribution in [1.29, 1.82) is 0 Å². The average molecular weight is 329 g/mol. The monoisotopic (exact) mass is 329 g/mol. The molecule has 0 bridgehead atoms. The highest BCUT2D eigenvalue weighted by Crippen LogP contribution is 2.30. The second kappa shape index (κ2) is 7.36. The molecule has 0 unspecified atom stereocenters. The van der Waals surface area contributed by atoms with Crippen molar-refractivity contribution in [2.24, 2.45) is 5.41 Å². The van der Waals surface area contributed by atoms with Crippen molar-refractivity contribution in [2.45, 2.75) is 19.4 Å². The maximum atomic E-state index is 12.4. The van der Waals surface area contributed by atoms with E-state index >= 15 is 0 Å². The molecule has 3 rings (SSSR count). The molecule has 5 nitrogen and oxygen atoms in total. The summed E-state index contributed by atoms with van der Waals surface area (Å²) in [7, 11) is 4.18. The summed E-state index contributed by atoms with van der Waals surface area (Å²) in [5, 5.41) is 4.33. The Balaban J connectivity index is 1.61. The number of para-hydroxylation sites is 1. The van der Waals surface area contributed by atoms with Crippen molar-refractivity contribution in [2.75, 3.05) is 40.4 Å². The zero-order valence-electron chi connectivity index (χ0n) is 14.6. The Morgan fingerprint density at radius 2 is 2.00 bits per heavy atom. The van der Waals surface area contributed by atoms with Crippen LogP contribution in [-0.4, -0.2) is 55.8 Å². The number of carbonyl (C=O) groups is 1. The number of aromatic nitrogens is 1. The summed E-state index contributed by atoms with van der Waals surface area (Å²) in [6.07, 6.45) is 3.98. The van der Waals surface area contributed by atoms with Gasteiger partial charge < -0.3 is 19.5 Å². The van der Waals surface area contributed by atoms with Crippen molar-refractivity contribution < 1.29 is 9.53 Å². The number of benzene rings is 1. The molecule has 1 aliphatic heterocycles. The SMILES string of the molecule is CN(C)CC1(CNC(=O)Cn2ccc3ccccc32)CCOCC1. The van der Waals surface area contributed by atoms with Gasteiger partial charge >= 0.3 is 0 Å². The molecule has 130 valence electrons. The molecule has 2 heterocycles. The fourth-order valence-corrected chi connectivity index (χ4v) is 3.64. The van der Waals surface area contributed by atoms with Crippen LogP contribution in [-0.2, 0) is 16.1 Å². The molecule has 0 spiro atoms. The zero-order chi connectivity index (χ0) is 17.0. The smallest absolute Gasteiger partial charge is 0.239 e. The minimum atomic E-state index is 0.0703. The Morgan fingerprint density at radius 1 is 1.25 bits per heavy atom. The second-order valence-corrected chi connectivity index (χ2v) is 7.13. The fourth-order valence-electron chi connectivity index (χ4n) is 3.64. The van der Waals surface area contributed by atoms with Gasteiger partial charge in [0, 0.05) is 43.4 Å². The van der Waals surface area contributed by atoms with Crippen LogP contribution in [0.2, 0.25) is 0 Å². The Labute approximate surface area is 143 Å². The lowest BCUT2D eigenvalue weighted by Crippen LogP contribution is -2.47. The molecular weight excluding hydrogens is 302 g/mol. The first-order valence-electron chi connectivity index (χ1n) is 8.61. The lowest BCUT2D eigenvalue weighted by atomic mass is 9.79. The van der Waals surface area contributed by atoms with E-state index in [1.807, 2.05) is 22.9 Å². The Bertz CT molecular complexity index is 687. The van der Waals surface area contributed by atoms with Gasteiger partial charge in [-0.1, -0.05) is 18.2 Å². The van der Waals surface area contributed by atoms with E-state index in [1.54, 1.807) is 0 Å². The van der Waals surface area contributed by atoms with E-state index < -0.39 is 0 Å². The van der Waals surface area contributed by atoms with E-state index in [-0.39, 0.29) is 11.3 Å². The Hall–Kier alpha value is -1.85. The summed E-state index contributed by atoms with van der Waals surface area (Å²) >= 11 is 0. The molecule has 5 heteroatoms. The van der Waals surface area contributed by atoms with Crippen molar-refractivity contribution in [1.82, 2.24) is 14.8 Å². The van der Waals surface area contributed by atoms with E-state index in [9.17, 15) is 4.79 Å². The van der Waals surface area contributed by atoms with E-state index in [0.717, 1.165) is 38.1 Å². The van der Waals surface area contributed by atoms with Gasteiger partial charge in [0.2, 0.25) is 5.91 Å². The summed E-state index contributed by atoms with van der Waals surface area (Å²) in [6.45, 7) is 3.62. The average Bonchev–Trinajstić information content (AvgIpc) is 2.97. The number of ether oxygens (including phenoxy) is 1. The minimum absolute atomic E-state index is 0.0703. The third kappa shape index (κ3) is 3.97. The summed E-state index contributed by atoms with van der Waals surface area (Å²) in [4.78, 5) is 14.7. The van der Waals surface area contributed by atoms with Crippen LogP contribution in [0.25, 0.3) is 10.9 Å². The van der Waals surface area contributed by atoms with Crippen molar-refractivity contribution in [3.63, 3.8) is 0 Å². The maximum Gasteiger partial charge on any atom is 0.239 e. The lowest BCUT2D eigenvalue weighted by Gasteiger charge is -2.39. The highest BCUT2D eigenvalue weighted by molar-refractivity contribution is 5.83. The highest BCUT2D eigenvalue weighted by atomic mass is 16.5. The highest BCUT2D eigenvalue weighted by Gasteiger charge is 2.33. The van der Waals surface area contributed by atoms with Crippen molar-refractivity contribution >= 4 is 16.8 Å². The predicted molar refractivity (Wildman–Crippen MR) is 96.0 cm³/mol. The number of nitrogens with zero attached hydrogens (tertiary/aromatic N) is 2. The van der Waals surface area contributed by atoms with Gasteiger partial charge in [0.15, 0.2) is 0 Å². The van der Waals surface area contributed by atoms with Gasteiger partial charge in [0.05, 0.1) is 0 Å². The van der Waals surface area contributed by atoms with Gasteiger partial charge in [-0.25, -0.2) is 0 Å². The number of rotatable bonds is 6. The van der Waals surface area contributed by atoms with Crippen molar-refractivity contribution in [3.8, 4) is 0 Å². The van der Waals surface area contributed by atoms with Crippen LogP contribution in [0.3, 0.4) is 0 Å². The van der Waals surface area contributed by atoms with E-state index in [2.05, 4.69) is 42.5 Å². The molecule has 1 saturated heterocycles. The first-order chi connectivity index (χ1) is 11.6. The fraction of sp³-hybridized carbons (Fsp3) is 0.526. The Morgan fingerprint density at radius 3 is 2.75 bits per heavy atom. The summed E-state index contributed by atoms with van der Waals surface area (Å²) < 4.78 is 7.52. The zero-order valence-corrected chi connectivity index (χ0v) is 14.6. The van der Waals surface area contributed by atoms with Gasteiger partial charge in [-0.15, -0.1) is 0 Å². The molecule has 0 saturated carbocycles. The first-order valence-corrected chi connectivity index (χ1v) is 8.61. The second-order valence-electron chi connectivity index (χ2n) is 7.13. The van der Waals surface area contributed by atoms with Crippen LogP contribution in [0.4, 0.5) is 0 Å². The topological polar surface area (TPSA) is 46.5 Å². The normalized spacial score (nSPS) is 17.3. The summed E-state index contributed by atoms with van der Waals surface area (Å²) in [6, 6.07) is 10.2. The largest absolute Gasteiger partial charge is 0.381 e. The van der Waals surface area contributed by atoms with Crippen molar-refractivity contribution in [3.05, 3.63) is 36.5 Å². The van der Waals surface area contributed by atoms with Gasteiger partial charge in [0.25, 0.3) is 0 Å². The molecule has 1 aromatic carbocycles. The van der Waals surface area contributed by atoms with E-state index in [4.69, 9.17) is 4.74 Å². The summed E-state index contributed by atoms with van der Waals surface area (Å²) in [5.74, 6) is 0.0703. The molecule has 24 heavy (non-hydrogen) atoms. The van der Waals surface area contributed by atoms with Gasteiger partial charge in [-0.3, -0.25) is 4.79 Å². The molecule has 2 aromatic rings. The molecule has 0 aliphatic carbocycles. The molecule has 1 N–H and O–H groups in total. The number of nitrogens with one attached hydrogen (secondary N) is 1. The molecule has 1 aliphatic rings. The number of hydrogen-bond donors (Lipinski definition) is 1. The number of carbonyl (C=O) groups excluding carboxylic acids is 1. The van der Waals surface area contributed by atoms with Crippen LogP contribution < -0.4 is 5.32 Å². The third-order valence-electron chi connectivity index (χ3n) is 4.86. The van der Waals surface area contributed by atoms with Crippen LogP contribution in [0.5, 0.6) is 0 Å². The van der Waals surface area contributed by atoms with Gasteiger partial charge in [-0.2, -0.15) is 0 Å². The molecule has 1 amide bonds. The standard InChI is InChI=1S/C19H27N3O2/c1-21(2)15-19(8-11-24-12-9-19)14-20-18(23)13-22-10-7-16-5-3-4-6-17(16)22/h3-7,10H,8-9,11-15H2,1-2H3,(H,20,23). The van der Waals surface area contributed by atoms with E-state index in [1.165, 1.54) is 5.39 Å². The number of fused-ring (bicyclic) bond motifs is 1. The predicted octanol–water partition coefficient (Wildman–Crippen LogP) is 2.12. The first kappa shape index (κ1) is 17.0. The molecular formula is C19H27N3O2. The lowest BCUT2D eigenvalue weighted by molar-refractivity contribution is -0.122. The van der Waals surface area contributed by atoms with Crippen LogP contribution >= 0.6 is 0 Å². The van der Waals surface area contributed by atoms with Crippen LogP contribution in [0, 0.1) is 5.41 Å². The number of amides is 1. The molecule has 1 fully saturated rings. The summed E-state index contributed by atoms with van der Waals surface area (Å²) in [5.41, 5.74) is 1.22. The number of hydrogen-bond acceptors (Lipinski definition) is 3. The van der Waals surface area contributed by atoms with E-state index in [0.29, 0.717) is 13.1 Å². The Kier molecular flexibility index (Phi) is 5.21. The quantitative estimate of drug-likeness (QED) is 0.883. The van der Waals surface area contributed by atoms with Crippen LogP contribution in [0.15, 0.2) is 36.5 Å². The molecule has 1 aromatic heterocycles. The third-order valence-corrected chi connectivity index (χ3v) is 4.86. The van der Waals surface area contributed by atoms with Crippen LogP contribution in [0.1, 0.15) is 12.8 Å². The van der Waals surface area contributed by atoms with Gasteiger partial charge in [0.1, 0.15) is 6.54 Å². The maximum absolute atomic E-state index is 12.4. The van der Waals surface area contributed by atoms with Gasteiger partial charge in [-0.05, 0) is 44.5 Å².